The highest BCUT2D eigenvalue weighted by molar-refractivity contribution is 7.88. The van der Waals surface area contributed by atoms with Gasteiger partial charge in [0.05, 0.1) is 6.26 Å². The quantitative estimate of drug-likeness (QED) is 0.905. The van der Waals surface area contributed by atoms with Gasteiger partial charge in [0.2, 0.25) is 10.0 Å². The minimum absolute atomic E-state index is 0.0685. The number of rotatable bonds is 4. The Morgan fingerprint density at radius 1 is 1.17 bits per heavy atom. The first-order valence-electron chi connectivity index (χ1n) is 8.41. The number of benzene rings is 1. The van der Waals surface area contributed by atoms with E-state index in [1.807, 2.05) is 24.3 Å². The molecule has 24 heavy (non-hydrogen) atoms. The van der Waals surface area contributed by atoms with Gasteiger partial charge in [-0.2, -0.15) is 0 Å². The van der Waals surface area contributed by atoms with Gasteiger partial charge < -0.3 is 5.32 Å². The van der Waals surface area contributed by atoms with Crippen LogP contribution in [-0.2, 0) is 15.4 Å². The second kappa shape index (κ2) is 7.23. The zero-order chi connectivity index (χ0) is 18.0. The number of carbonyl (C=O) groups excluding carboxylic acids is 1. The Morgan fingerprint density at radius 2 is 1.71 bits per heavy atom. The molecule has 2 rings (SSSR count). The third-order valence-electron chi connectivity index (χ3n) is 4.61. The van der Waals surface area contributed by atoms with Crippen LogP contribution in [0.1, 0.15) is 49.5 Å². The van der Waals surface area contributed by atoms with Gasteiger partial charge in [-0.15, -0.1) is 0 Å². The second-order valence-corrected chi connectivity index (χ2v) is 9.63. The zero-order valence-electron chi connectivity index (χ0n) is 15.0. The molecule has 0 aromatic heterocycles. The predicted molar refractivity (Wildman–Crippen MR) is 96.6 cm³/mol. The van der Waals surface area contributed by atoms with Gasteiger partial charge in [0.25, 0.3) is 5.91 Å². The molecule has 1 amide bonds. The molecule has 1 aliphatic rings. The van der Waals surface area contributed by atoms with Gasteiger partial charge in [0.15, 0.2) is 0 Å². The van der Waals surface area contributed by atoms with E-state index < -0.39 is 10.0 Å². The Bertz CT molecular complexity index is 667. The lowest BCUT2D eigenvalue weighted by Crippen LogP contribution is -2.41. The number of amides is 1. The summed E-state index contributed by atoms with van der Waals surface area (Å²) in [4.78, 5) is 12.3. The van der Waals surface area contributed by atoms with Gasteiger partial charge in [-0.1, -0.05) is 32.9 Å². The van der Waals surface area contributed by atoms with Crippen LogP contribution in [0, 0.1) is 5.92 Å². The molecule has 1 aliphatic heterocycles. The Balaban J connectivity index is 1.84. The molecule has 1 aromatic carbocycles. The van der Waals surface area contributed by atoms with Crippen LogP contribution >= 0.6 is 0 Å². The minimum atomic E-state index is -3.09. The van der Waals surface area contributed by atoms with Crippen molar-refractivity contribution < 1.29 is 13.2 Å². The Hall–Kier alpha value is -1.40. The average molecular weight is 353 g/mol. The first-order valence-corrected chi connectivity index (χ1v) is 10.3. The van der Waals surface area contributed by atoms with Crippen molar-refractivity contribution in [3.05, 3.63) is 35.4 Å². The number of hydrogen-bond acceptors (Lipinski definition) is 3. The molecule has 6 heteroatoms. The lowest BCUT2D eigenvalue weighted by atomic mass is 9.86. The largest absolute Gasteiger partial charge is 0.352 e. The number of nitrogens with one attached hydrogen (secondary N) is 1. The molecule has 1 N–H and O–H groups in total. The Kier molecular flexibility index (Phi) is 5.71. The van der Waals surface area contributed by atoms with E-state index in [9.17, 15) is 13.2 Å². The highest BCUT2D eigenvalue weighted by Crippen LogP contribution is 2.22. The van der Waals surface area contributed by atoms with Crippen LogP contribution in [0.3, 0.4) is 0 Å². The molecule has 1 fully saturated rings. The minimum Gasteiger partial charge on any atom is -0.352 e. The highest BCUT2D eigenvalue weighted by Gasteiger charge is 2.25. The first-order chi connectivity index (χ1) is 11.1. The van der Waals surface area contributed by atoms with Crippen molar-refractivity contribution in [3.63, 3.8) is 0 Å². The maximum atomic E-state index is 12.3. The predicted octanol–water partition coefficient (Wildman–Crippen LogP) is 2.39. The van der Waals surface area contributed by atoms with E-state index in [0.717, 1.165) is 12.8 Å². The third kappa shape index (κ3) is 5.05. The summed E-state index contributed by atoms with van der Waals surface area (Å²) in [6.07, 6.45) is 2.82. The molecule has 0 aliphatic carbocycles. The molecule has 0 unspecified atom stereocenters. The van der Waals surface area contributed by atoms with Gasteiger partial charge >= 0.3 is 0 Å². The number of carbonyl (C=O) groups is 1. The van der Waals surface area contributed by atoms with Crippen molar-refractivity contribution in [3.8, 4) is 0 Å². The summed E-state index contributed by atoms with van der Waals surface area (Å²) in [5, 5.41) is 2.97. The van der Waals surface area contributed by atoms with Crippen LogP contribution < -0.4 is 5.32 Å². The van der Waals surface area contributed by atoms with Gasteiger partial charge in [-0.25, -0.2) is 12.7 Å². The van der Waals surface area contributed by atoms with E-state index in [1.54, 1.807) is 0 Å². The van der Waals surface area contributed by atoms with Gasteiger partial charge in [0.1, 0.15) is 0 Å². The number of nitrogens with zero attached hydrogens (tertiary/aromatic N) is 1. The first kappa shape index (κ1) is 18.9. The third-order valence-corrected chi connectivity index (χ3v) is 5.91. The van der Waals surface area contributed by atoms with Crippen molar-refractivity contribution in [1.82, 2.24) is 9.62 Å². The van der Waals surface area contributed by atoms with Crippen LogP contribution in [0.2, 0.25) is 0 Å². The summed E-state index contributed by atoms with van der Waals surface area (Å²) < 4.78 is 24.5. The monoisotopic (exact) mass is 352 g/mol. The molecular weight excluding hydrogens is 324 g/mol. The molecule has 0 radical (unpaired) electrons. The van der Waals surface area contributed by atoms with Crippen LogP contribution in [0.4, 0.5) is 0 Å². The Labute approximate surface area is 145 Å². The smallest absolute Gasteiger partial charge is 0.251 e. The summed E-state index contributed by atoms with van der Waals surface area (Å²) in [5.41, 5.74) is 1.94. The number of sulfonamides is 1. The molecule has 0 spiro atoms. The topological polar surface area (TPSA) is 66.5 Å². The summed E-state index contributed by atoms with van der Waals surface area (Å²) in [5.74, 6) is 0.266. The maximum Gasteiger partial charge on any atom is 0.251 e. The van der Waals surface area contributed by atoms with E-state index in [0.29, 0.717) is 31.1 Å². The van der Waals surface area contributed by atoms with E-state index in [-0.39, 0.29) is 11.3 Å². The maximum absolute atomic E-state index is 12.3. The summed E-state index contributed by atoms with van der Waals surface area (Å²) in [6, 6.07) is 7.73. The fourth-order valence-electron chi connectivity index (χ4n) is 2.91. The van der Waals surface area contributed by atoms with Crippen molar-refractivity contribution in [2.24, 2.45) is 5.92 Å². The number of hydrogen-bond donors (Lipinski definition) is 1. The van der Waals surface area contributed by atoms with Crippen LogP contribution in [-0.4, -0.2) is 44.5 Å². The van der Waals surface area contributed by atoms with E-state index >= 15 is 0 Å². The van der Waals surface area contributed by atoms with Crippen molar-refractivity contribution in [2.45, 2.75) is 39.0 Å². The van der Waals surface area contributed by atoms with Gasteiger partial charge in [0, 0.05) is 25.2 Å². The molecule has 1 saturated heterocycles. The average Bonchev–Trinajstić information content (AvgIpc) is 2.51. The van der Waals surface area contributed by atoms with Crippen LogP contribution in [0.15, 0.2) is 24.3 Å². The van der Waals surface area contributed by atoms with E-state index in [1.165, 1.54) is 16.1 Å². The van der Waals surface area contributed by atoms with Gasteiger partial charge in [-0.3, -0.25) is 4.79 Å². The molecular formula is C18H28N2O3S. The van der Waals surface area contributed by atoms with Crippen molar-refractivity contribution >= 4 is 15.9 Å². The summed E-state index contributed by atoms with van der Waals surface area (Å²) in [7, 11) is -3.09. The van der Waals surface area contributed by atoms with Crippen molar-refractivity contribution in [1.29, 1.82) is 0 Å². The fourth-order valence-corrected chi connectivity index (χ4v) is 3.78. The SMILES string of the molecule is CC(C)(C)c1ccc(C(=O)NCC2CCN(S(C)(=O)=O)CC2)cc1. The summed E-state index contributed by atoms with van der Waals surface area (Å²) >= 11 is 0. The molecule has 1 aromatic rings. The molecule has 0 atom stereocenters. The van der Waals surface area contributed by atoms with Crippen molar-refractivity contribution in [2.75, 3.05) is 25.9 Å². The van der Waals surface area contributed by atoms with Gasteiger partial charge in [-0.05, 0) is 41.9 Å². The zero-order valence-corrected chi connectivity index (χ0v) is 15.8. The standard InChI is InChI=1S/C18H28N2O3S/c1-18(2,3)16-7-5-15(6-8-16)17(21)19-13-14-9-11-20(12-10-14)24(4,22)23/h5-8,14H,9-13H2,1-4H3,(H,19,21). The molecule has 0 saturated carbocycles. The molecule has 134 valence electrons. The molecule has 1 heterocycles. The number of piperidine rings is 1. The van der Waals surface area contributed by atoms with Crippen LogP contribution in [0.25, 0.3) is 0 Å². The Morgan fingerprint density at radius 3 is 2.17 bits per heavy atom. The molecule has 0 bridgehead atoms. The van der Waals surface area contributed by atoms with E-state index in [4.69, 9.17) is 0 Å². The summed E-state index contributed by atoms with van der Waals surface area (Å²) in [6.45, 7) is 8.11. The lowest BCUT2D eigenvalue weighted by molar-refractivity contribution is 0.0941. The molecule has 5 nitrogen and oxygen atoms in total. The van der Waals surface area contributed by atoms with E-state index in [2.05, 4.69) is 26.1 Å². The fraction of sp³-hybridized carbons (Fsp3) is 0.611. The second-order valence-electron chi connectivity index (χ2n) is 7.64. The normalized spacial score (nSPS) is 17.7. The lowest BCUT2D eigenvalue weighted by Gasteiger charge is -2.30. The van der Waals surface area contributed by atoms with Crippen LogP contribution in [0.5, 0.6) is 0 Å². The highest BCUT2D eigenvalue weighted by atomic mass is 32.2.